The fraction of sp³-hybridized carbons (Fsp3) is 0.417. The van der Waals surface area contributed by atoms with Crippen molar-refractivity contribution in [3.8, 4) is 0 Å². The van der Waals surface area contributed by atoms with Gasteiger partial charge in [0.25, 0.3) is 0 Å². The molecule has 3 rings (SSSR count). The lowest BCUT2D eigenvalue weighted by atomic mass is 10.0. The molecule has 0 saturated carbocycles. The maximum absolute atomic E-state index is 5.50. The van der Waals surface area contributed by atoms with E-state index < -0.39 is 0 Å². The van der Waals surface area contributed by atoms with Crippen molar-refractivity contribution in [2.24, 2.45) is 7.05 Å². The standard InChI is InChI=1S/C12H15N3O/c1-15-12-4-2-3-9(10(12)7-14-15)11-8-16-6-5-13-11/h2-4,7,11,13H,5-6,8H2,1H3. The number of morpholine rings is 1. The summed E-state index contributed by atoms with van der Waals surface area (Å²) in [5.74, 6) is 0. The third-order valence-electron chi connectivity index (χ3n) is 3.12. The molecular weight excluding hydrogens is 202 g/mol. The number of hydrogen-bond acceptors (Lipinski definition) is 3. The van der Waals surface area contributed by atoms with Crippen LogP contribution in [0.1, 0.15) is 11.6 Å². The van der Waals surface area contributed by atoms with Crippen molar-refractivity contribution in [1.29, 1.82) is 0 Å². The van der Waals surface area contributed by atoms with Crippen LogP contribution in [0.3, 0.4) is 0 Å². The molecule has 1 unspecified atom stereocenters. The van der Waals surface area contributed by atoms with Crippen LogP contribution in [0.15, 0.2) is 24.4 Å². The number of ether oxygens (including phenoxy) is 1. The average molecular weight is 217 g/mol. The van der Waals surface area contributed by atoms with Crippen LogP contribution >= 0.6 is 0 Å². The summed E-state index contributed by atoms with van der Waals surface area (Å²) in [6.07, 6.45) is 1.93. The molecule has 1 aliphatic heterocycles. The van der Waals surface area contributed by atoms with Crippen molar-refractivity contribution >= 4 is 10.9 Å². The maximum Gasteiger partial charge on any atom is 0.0682 e. The quantitative estimate of drug-likeness (QED) is 0.781. The van der Waals surface area contributed by atoms with E-state index in [4.69, 9.17) is 4.74 Å². The Labute approximate surface area is 94.2 Å². The second kappa shape index (κ2) is 3.88. The first-order chi connectivity index (χ1) is 7.86. The van der Waals surface area contributed by atoms with Crippen LogP contribution in [0.4, 0.5) is 0 Å². The van der Waals surface area contributed by atoms with Gasteiger partial charge in [-0.25, -0.2) is 0 Å². The molecule has 84 valence electrons. The molecule has 0 amide bonds. The molecule has 1 N–H and O–H groups in total. The lowest BCUT2D eigenvalue weighted by molar-refractivity contribution is 0.0773. The summed E-state index contributed by atoms with van der Waals surface area (Å²) in [7, 11) is 1.97. The molecule has 0 aliphatic carbocycles. The summed E-state index contributed by atoms with van der Waals surface area (Å²) >= 11 is 0. The van der Waals surface area contributed by atoms with Gasteiger partial charge in [-0.2, -0.15) is 5.10 Å². The van der Waals surface area contributed by atoms with Crippen LogP contribution in [0.2, 0.25) is 0 Å². The summed E-state index contributed by atoms with van der Waals surface area (Å²) < 4.78 is 7.41. The van der Waals surface area contributed by atoms with Crippen molar-refractivity contribution < 1.29 is 4.74 Å². The molecule has 1 saturated heterocycles. The summed E-state index contributed by atoms with van der Waals surface area (Å²) in [5, 5.41) is 8.99. The fourth-order valence-corrected chi connectivity index (χ4v) is 2.27. The highest BCUT2D eigenvalue weighted by Gasteiger charge is 2.18. The molecule has 0 bridgehead atoms. The van der Waals surface area contributed by atoms with Gasteiger partial charge in [0.15, 0.2) is 0 Å². The molecule has 0 spiro atoms. The van der Waals surface area contributed by atoms with Gasteiger partial charge in [-0.3, -0.25) is 4.68 Å². The monoisotopic (exact) mass is 217 g/mol. The van der Waals surface area contributed by atoms with Gasteiger partial charge in [-0.05, 0) is 11.6 Å². The molecule has 16 heavy (non-hydrogen) atoms. The third kappa shape index (κ3) is 1.50. The highest BCUT2D eigenvalue weighted by Crippen LogP contribution is 2.24. The largest absolute Gasteiger partial charge is 0.378 e. The first-order valence-electron chi connectivity index (χ1n) is 5.58. The predicted molar refractivity (Wildman–Crippen MR) is 62.3 cm³/mol. The number of nitrogens with zero attached hydrogens (tertiary/aromatic N) is 2. The lowest BCUT2D eigenvalue weighted by Gasteiger charge is -2.24. The second-order valence-electron chi connectivity index (χ2n) is 4.13. The van der Waals surface area contributed by atoms with Crippen molar-refractivity contribution in [2.45, 2.75) is 6.04 Å². The second-order valence-corrected chi connectivity index (χ2v) is 4.13. The summed E-state index contributed by atoms with van der Waals surface area (Å²) in [6, 6.07) is 6.61. The van der Waals surface area contributed by atoms with Crippen molar-refractivity contribution in [3.63, 3.8) is 0 Å². The van der Waals surface area contributed by atoms with E-state index in [-0.39, 0.29) is 0 Å². The van der Waals surface area contributed by atoms with Gasteiger partial charge in [-0.15, -0.1) is 0 Å². The van der Waals surface area contributed by atoms with Gasteiger partial charge in [0.05, 0.1) is 31.0 Å². The number of hydrogen-bond donors (Lipinski definition) is 1. The molecular formula is C12H15N3O. The van der Waals surface area contributed by atoms with Gasteiger partial charge in [-0.1, -0.05) is 12.1 Å². The molecule has 4 heteroatoms. The van der Waals surface area contributed by atoms with Gasteiger partial charge in [0, 0.05) is 19.0 Å². The Kier molecular flexibility index (Phi) is 2.38. The topological polar surface area (TPSA) is 39.1 Å². The van der Waals surface area contributed by atoms with E-state index in [0.29, 0.717) is 6.04 Å². The maximum atomic E-state index is 5.50. The van der Waals surface area contributed by atoms with E-state index in [9.17, 15) is 0 Å². The van der Waals surface area contributed by atoms with E-state index in [1.165, 1.54) is 16.5 Å². The summed E-state index contributed by atoms with van der Waals surface area (Å²) in [6.45, 7) is 2.47. The van der Waals surface area contributed by atoms with Crippen LogP contribution in [0.5, 0.6) is 0 Å². The Balaban J connectivity index is 2.08. The van der Waals surface area contributed by atoms with Gasteiger partial charge in [0.2, 0.25) is 0 Å². The van der Waals surface area contributed by atoms with Crippen molar-refractivity contribution in [2.75, 3.05) is 19.8 Å². The molecule has 2 aromatic rings. The fourth-order valence-electron chi connectivity index (χ4n) is 2.27. The minimum atomic E-state index is 0.293. The Morgan fingerprint density at radius 2 is 2.44 bits per heavy atom. The molecule has 1 aliphatic rings. The summed E-state index contributed by atoms with van der Waals surface area (Å²) in [4.78, 5) is 0. The van der Waals surface area contributed by atoms with Crippen molar-refractivity contribution in [3.05, 3.63) is 30.0 Å². The summed E-state index contributed by atoms with van der Waals surface area (Å²) in [5.41, 5.74) is 2.45. The normalized spacial score (nSPS) is 21.4. The van der Waals surface area contributed by atoms with Crippen molar-refractivity contribution in [1.82, 2.24) is 15.1 Å². The van der Waals surface area contributed by atoms with Gasteiger partial charge >= 0.3 is 0 Å². The van der Waals surface area contributed by atoms with E-state index in [1.54, 1.807) is 0 Å². The SMILES string of the molecule is Cn1ncc2c(C3COCCN3)cccc21. The first kappa shape index (κ1) is 9.81. The number of nitrogens with one attached hydrogen (secondary N) is 1. The molecule has 1 atom stereocenters. The molecule has 2 heterocycles. The number of benzene rings is 1. The zero-order chi connectivity index (χ0) is 11.0. The number of aromatic nitrogens is 2. The molecule has 1 aromatic heterocycles. The zero-order valence-electron chi connectivity index (χ0n) is 9.31. The van der Waals surface area contributed by atoms with Crippen LogP contribution in [-0.4, -0.2) is 29.5 Å². The smallest absolute Gasteiger partial charge is 0.0682 e. The lowest BCUT2D eigenvalue weighted by Crippen LogP contribution is -2.34. The average Bonchev–Trinajstić information content (AvgIpc) is 2.73. The molecule has 0 radical (unpaired) electrons. The molecule has 4 nitrogen and oxygen atoms in total. The Morgan fingerprint density at radius 1 is 1.50 bits per heavy atom. The van der Waals surface area contributed by atoms with E-state index in [0.717, 1.165) is 19.8 Å². The number of fused-ring (bicyclic) bond motifs is 1. The van der Waals surface area contributed by atoms with Crippen LogP contribution in [0.25, 0.3) is 10.9 Å². The van der Waals surface area contributed by atoms with Gasteiger partial charge < -0.3 is 10.1 Å². The zero-order valence-corrected chi connectivity index (χ0v) is 9.31. The number of aryl methyl sites for hydroxylation is 1. The van der Waals surface area contributed by atoms with Gasteiger partial charge in [0.1, 0.15) is 0 Å². The number of rotatable bonds is 1. The Bertz CT molecular complexity index is 500. The molecule has 1 fully saturated rings. The third-order valence-corrected chi connectivity index (χ3v) is 3.12. The predicted octanol–water partition coefficient (Wildman–Crippen LogP) is 1.23. The van der Waals surface area contributed by atoms with Crippen LogP contribution < -0.4 is 5.32 Å². The minimum Gasteiger partial charge on any atom is -0.378 e. The van der Waals surface area contributed by atoms with E-state index >= 15 is 0 Å². The Hall–Kier alpha value is -1.39. The minimum absolute atomic E-state index is 0.293. The van der Waals surface area contributed by atoms with E-state index in [2.05, 4.69) is 28.6 Å². The van der Waals surface area contributed by atoms with Crippen LogP contribution in [0, 0.1) is 0 Å². The Morgan fingerprint density at radius 3 is 3.25 bits per heavy atom. The van der Waals surface area contributed by atoms with E-state index in [1.807, 2.05) is 17.9 Å². The molecule has 1 aromatic carbocycles. The first-order valence-corrected chi connectivity index (χ1v) is 5.58. The van der Waals surface area contributed by atoms with Crippen LogP contribution in [-0.2, 0) is 11.8 Å². The highest BCUT2D eigenvalue weighted by atomic mass is 16.5. The highest BCUT2D eigenvalue weighted by molar-refractivity contribution is 5.82.